The molecule has 0 aliphatic heterocycles. The molecule has 0 spiro atoms. The van der Waals surface area contributed by atoms with Gasteiger partial charge in [-0.2, -0.15) is 0 Å². The van der Waals surface area contributed by atoms with Gasteiger partial charge in [-0.1, -0.05) is 12.1 Å². The monoisotopic (exact) mass is 246 g/mol. The van der Waals surface area contributed by atoms with E-state index >= 15 is 0 Å². The van der Waals surface area contributed by atoms with E-state index in [2.05, 4.69) is 5.32 Å². The van der Waals surface area contributed by atoms with Crippen molar-refractivity contribution in [2.45, 2.75) is 13.8 Å². The quantitative estimate of drug-likeness (QED) is 0.831. The van der Waals surface area contributed by atoms with Crippen molar-refractivity contribution in [2.75, 3.05) is 19.4 Å². The van der Waals surface area contributed by atoms with E-state index in [9.17, 15) is 9.59 Å². The highest BCUT2D eigenvalue weighted by Gasteiger charge is 2.10. The van der Waals surface area contributed by atoms with Crippen molar-refractivity contribution in [2.24, 2.45) is 0 Å². The molecule has 0 atom stereocenters. The van der Waals surface area contributed by atoms with Crippen molar-refractivity contribution in [3.63, 3.8) is 0 Å². The van der Waals surface area contributed by atoms with Crippen LogP contribution in [-0.4, -0.2) is 30.8 Å². The largest absolute Gasteiger partial charge is 0.345 e. The molecule has 1 N–H and O–H groups in total. The Kier molecular flexibility index (Phi) is 4.66. The van der Waals surface area contributed by atoms with Crippen LogP contribution in [0.5, 0.6) is 0 Å². The lowest BCUT2D eigenvalue weighted by molar-refractivity contribution is -0.111. The highest BCUT2D eigenvalue weighted by Crippen LogP contribution is 2.17. The summed E-state index contributed by atoms with van der Waals surface area (Å²) < 4.78 is 0. The number of allylic oxidation sites excluding steroid dienone is 1. The third kappa shape index (κ3) is 3.45. The summed E-state index contributed by atoms with van der Waals surface area (Å²) in [5.41, 5.74) is 2.13. The molecule has 1 rings (SSSR count). The first-order chi connectivity index (χ1) is 8.45. The Hall–Kier alpha value is -2.10. The van der Waals surface area contributed by atoms with Crippen LogP contribution in [0.25, 0.3) is 0 Å². The molecular formula is C14H18N2O2. The number of benzene rings is 1. The van der Waals surface area contributed by atoms with E-state index in [0.717, 1.165) is 5.56 Å². The maximum absolute atomic E-state index is 11.8. The maximum Gasteiger partial charge on any atom is 0.253 e. The van der Waals surface area contributed by atoms with Gasteiger partial charge >= 0.3 is 0 Å². The van der Waals surface area contributed by atoms with Crippen molar-refractivity contribution in [3.05, 3.63) is 41.5 Å². The van der Waals surface area contributed by atoms with Crippen LogP contribution < -0.4 is 5.32 Å². The number of anilines is 1. The molecule has 4 nitrogen and oxygen atoms in total. The third-order valence-electron chi connectivity index (χ3n) is 2.47. The second kappa shape index (κ2) is 6.00. The summed E-state index contributed by atoms with van der Waals surface area (Å²) in [5, 5.41) is 2.75. The van der Waals surface area contributed by atoms with Gasteiger partial charge in [0.15, 0.2) is 0 Å². The van der Waals surface area contributed by atoms with Gasteiger partial charge in [-0.25, -0.2) is 0 Å². The van der Waals surface area contributed by atoms with Gasteiger partial charge < -0.3 is 10.2 Å². The molecule has 1 aromatic rings. The second-order valence-corrected chi connectivity index (χ2v) is 4.22. The molecule has 0 saturated heterocycles. The molecule has 0 saturated carbocycles. The van der Waals surface area contributed by atoms with Crippen LogP contribution in [-0.2, 0) is 4.79 Å². The number of rotatable bonds is 3. The van der Waals surface area contributed by atoms with Gasteiger partial charge in [-0.15, -0.1) is 0 Å². The molecule has 0 bridgehead atoms. The van der Waals surface area contributed by atoms with E-state index < -0.39 is 0 Å². The lowest BCUT2D eigenvalue weighted by atomic mass is 10.1. The molecule has 0 aliphatic rings. The maximum atomic E-state index is 11.8. The number of carbonyl (C=O) groups excluding carboxylic acids is 2. The zero-order valence-electron chi connectivity index (χ0n) is 11.2. The van der Waals surface area contributed by atoms with Crippen LogP contribution in [0.3, 0.4) is 0 Å². The number of amides is 2. The molecule has 4 heteroatoms. The van der Waals surface area contributed by atoms with E-state index in [0.29, 0.717) is 11.3 Å². The molecule has 18 heavy (non-hydrogen) atoms. The SMILES string of the molecule is CC=CC(=O)Nc1cc(C(=O)N(C)C)ccc1C. The second-order valence-electron chi connectivity index (χ2n) is 4.22. The summed E-state index contributed by atoms with van der Waals surface area (Å²) in [6, 6.07) is 5.27. The number of nitrogens with one attached hydrogen (secondary N) is 1. The summed E-state index contributed by atoms with van der Waals surface area (Å²) in [6.45, 7) is 3.66. The molecule has 2 amide bonds. The molecular weight excluding hydrogens is 228 g/mol. The molecule has 96 valence electrons. The summed E-state index contributed by atoms with van der Waals surface area (Å²) >= 11 is 0. The lowest BCUT2D eigenvalue weighted by Gasteiger charge is -2.13. The molecule has 0 heterocycles. The van der Waals surface area contributed by atoms with Crippen LogP contribution in [0.1, 0.15) is 22.8 Å². The van der Waals surface area contributed by atoms with Crippen molar-refractivity contribution in [1.29, 1.82) is 0 Å². The molecule has 0 aliphatic carbocycles. The molecule has 0 unspecified atom stereocenters. The number of hydrogen-bond acceptors (Lipinski definition) is 2. The Morgan fingerprint density at radius 2 is 1.94 bits per heavy atom. The summed E-state index contributed by atoms with van der Waals surface area (Å²) in [5.74, 6) is -0.286. The van der Waals surface area contributed by atoms with E-state index in [4.69, 9.17) is 0 Å². The first-order valence-electron chi connectivity index (χ1n) is 5.71. The number of hydrogen-bond donors (Lipinski definition) is 1. The van der Waals surface area contributed by atoms with Crippen molar-refractivity contribution in [1.82, 2.24) is 4.90 Å². The van der Waals surface area contributed by atoms with Gasteiger partial charge in [0, 0.05) is 25.3 Å². The topological polar surface area (TPSA) is 49.4 Å². The predicted molar refractivity (Wildman–Crippen MR) is 72.6 cm³/mol. The predicted octanol–water partition coefficient (Wildman–Crippen LogP) is 2.21. The fraction of sp³-hybridized carbons (Fsp3) is 0.286. The highest BCUT2D eigenvalue weighted by atomic mass is 16.2. The van der Waals surface area contributed by atoms with Crippen LogP contribution in [0.4, 0.5) is 5.69 Å². The van der Waals surface area contributed by atoms with E-state index in [1.54, 1.807) is 39.2 Å². The van der Waals surface area contributed by atoms with Crippen LogP contribution in [0.15, 0.2) is 30.4 Å². The number of aryl methyl sites for hydroxylation is 1. The van der Waals surface area contributed by atoms with Crippen LogP contribution in [0.2, 0.25) is 0 Å². The Labute approximate surface area is 107 Å². The zero-order chi connectivity index (χ0) is 13.7. The zero-order valence-corrected chi connectivity index (χ0v) is 11.2. The summed E-state index contributed by atoms with van der Waals surface area (Å²) in [7, 11) is 3.39. The van der Waals surface area contributed by atoms with Gasteiger partial charge in [-0.3, -0.25) is 9.59 Å². The van der Waals surface area contributed by atoms with E-state index in [-0.39, 0.29) is 11.8 Å². The summed E-state index contributed by atoms with van der Waals surface area (Å²) in [6.07, 6.45) is 3.11. The lowest BCUT2D eigenvalue weighted by Crippen LogP contribution is -2.22. The average Bonchev–Trinajstić information content (AvgIpc) is 2.31. The first-order valence-corrected chi connectivity index (χ1v) is 5.71. The Bertz CT molecular complexity index is 491. The van der Waals surface area contributed by atoms with Gasteiger partial charge in [0.1, 0.15) is 0 Å². The average molecular weight is 246 g/mol. The van der Waals surface area contributed by atoms with Gasteiger partial charge in [0.05, 0.1) is 0 Å². The normalized spacial score (nSPS) is 10.4. The Balaban J connectivity index is 3.01. The fourth-order valence-corrected chi connectivity index (χ4v) is 1.47. The van der Waals surface area contributed by atoms with Gasteiger partial charge in [0.25, 0.3) is 5.91 Å². The first kappa shape index (κ1) is 14.0. The van der Waals surface area contributed by atoms with Crippen molar-refractivity contribution in [3.8, 4) is 0 Å². The standard InChI is InChI=1S/C14H18N2O2/c1-5-6-13(17)15-12-9-11(8-7-10(12)2)14(18)16(3)4/h5-9H,1-4H3,(H,15,17). The minimum absolute atomic E-state index is 0.0865. The third-order valence-corrected chi connectivity index (χ3v) is 2.47. The Morgan fingerprint density at radius 3 is 2.50 bits per heavy atom. The van der Waals surface area contributed by atoms with Gasteiger partial charge in [0.2, 0.25) is 5.91 Å². The smallest absolute Gasteiger partial charge is 0.253 e. The van der Waals surface area contributed by atoms with Gasteiger partial charge in [-0.05, 0) is 37.6 Å². The molecule has 0 fully saturated rings. The van der Waals surface area contributed by atoms with Crippen molar-refractivity contribution >= 4 is 17.5 Å². The molecule has 0 aromatic heterocycles. The van der Waals surface area contributed by atoms with Crippen LogP contribution >= 0.6 is 0 Å². The van der Waals surface area contributed by atoms with E-state index in [1.807, 2.05) is 13.0 Å². The molecule has 0 radical (unpaired) electrons. The molecule has 1 aromatic carbocycles. The minimum atomic E-state index is -0.199. The number of nitrogens with zero attached hydrogens (tertiary/aromatic N) is 1. The number of carbonyl (C=O) groups is 2. The Morgan fingerprint density at radius 1 is 1.28 bits per heavy atom. The van der Waals surface area contributed by atoms with E-state index in [1.165, 1.54) is 11.0 Å². The summed E-state index contributed by atoms with van der Waals surface area (Å²) in [4.78, 5) is 24.8. The highest BCUT2D eigenvalue weighted by molar-refractivity contribution is 6.01. The van der Waals surface area contributed by atoms with Crippen molar-refractivity contribution < 1.29 is 9.59 Å². The van der Waals surface area contributed by atoms with Crippen LogP contribution in [0, 0.1) is 6.92 Å². The fourth-order valence-electron chi connectivity index (χ4n) is 1.47. The minimum Gasteiger partial charge on any atom is -0.345 e.